The van der Waals surface area contributed by atoms with E-state index in [-0.39, 0.29) is 24.0 Å². The van der Waals surface area contributed by atoms with Crippen LogP contribution in [0, 0.1) is 6.92 Å². The van der Waals surface area contributed by atoms with Crippen molar-refractivity contribution in [1.29, 1.82) is 0 Å². The van der Waals surface area contributed by atoms with Crippen LogP contribution in [0.15, 0.2) is 48.5 Å². The Bertz CT molecular complexity index is 902. The van der Waals surface area contributed by atoms with Crippen molar-refractivity contribution in [3.8, 4) is 5.75 Å². The van der Waals surface area contributed by atoms with E-state index in [4.69, 9.17) is 14.9 Å². The standard InChI is InChI=1S/C20H23NO3S.C4H6O4.C2H6/c1-15-4-3-5-16(12-15)10-11-24-18-8-6-17(7-9-18)13-19(25-2)20(23)21-14-22;5-3(6)1-2-4(7)8;1-2/h3-9,12,14,19H,10-11,13H2,1-2H3,(H,21,22,23);1-2H2,(H,5,6)(H,7,8);1-2H3. The van der Waals surface area contributed by atoms with Crippen molar-refractivity contribution in [2.75, 3.05) is 12.9 Å². The number of aliphatic carboxylic acids is 2. The number of carboxylic acid groups (broad SMARTS) is 2. The minimum atomic E-state index is -1.08. The number of imide groups is 1. The van der Waals surface area contributed by atoms with Gasteiger partial charge in [0.15, 0.2) is 0 Å². The molecule has 2 aromatic carbocycles. The number of amides is 2. The molecule has 0 bridgehead atoms. The molecule has 1 atom stereocenters. The number of carbonyl (C=O) groups is 4. The molecule has 0 spiro atoms. The average Bonchev–Trinajstić information content (AvgIpc) is 2.84. The van der Waals surface area contributed by atoms with E-state index in [9.17, 15) is 19.2 Å². The summed E-state index contributed by atoms with van der Waals surface area (Å²) in [6.45, 7) is 6.71. The van der Waals surface area contributed by atoms with Crippen molar-refractivity contribution in [3.63, 3.8) is 0 Å². The molecule has 0 aromatic heterocycles. The fourth-order valence-electron chi connectivity index (χ4n) is 2.74. The summed E-state index contributed by atoms with van der Waals surface area (Å²) in [7, 11) is 0. The second-order valence-corrected chi connectivity index (χ2v) is 8.11. The van der Waals surface area contributed by atoms with Gasteiger partial charge in [-0.05, 0) is 42.9 Å². The normalized spacial score (nSPS) is 10.4. The SMILES string of the molecule is CC.CSC(Cc1ccc(OCCc2cccc(C)c2)cc1)C(=O)NC=O.O=C(O)CCC(=O)O. The molecule has 3 N–H and O–H groups in total. The Morgan fingerprint density at radius 2 is 1.60 bits per heavy atom. The molecule has 0 fully saturated rings. The van der Waals surface area contributed by atoms with Crippen LogP contribution in [0.4, 0.5) is 0 Å². The second kappa shape index (κ2) is 19.0. The van der Waals surface area contributed by atoms with E-state index in [1.54, 1.807) is 0 Å². The number of aryl methyl sites for hydroxylation is 1. The molecular weight excluding hydrogens is 470 g/mol. The summed E-state index contributed by atoms with van der Waals surface area (Å²) in [6.07, 6.45) is 3.13. The van der Waals surface area contributed by atoms with Crippen LogP contribution in [-0.4, -0.2) is 52.6 Å². The van der Waals surface area contributed by atoms with E-state index in [1.807, 2.05) is 44.4 Å². The van der Waals surface area contributed by atoms with Crippen LogP contribution in [-0.2, 0) is 32.0 Å². The first-order valence-electron chi connectivity index (χ1n) is 11.2. The molecule has 2 aromatic rings. The molecule has 1 unspecified atom stereocenters. The zero-order chi connectivity index (χ0) is 26.6. The Kier molecular flexibility index (Phi) is 17.2. The predicted octanol–water partition coefficient (Wildman–Crippen LogP) is 4.13. The Morgan fingerprint density at radius 1 is 1.00 bits per heavy atom. The maximum absolute atomic E-state index is 11.8. The highest BCUT2D eigenvalue weighted by Crippen LogP contribution is 2.18. The van der Waals surface area contributed by atoms with E-state index in [0.717, 1.165) is 17.7 Å². The summed E-state index contributed by atoms with van der Waals surface area (Å²) >= 11 is 1.43. The van der Waals surface area contributed by atoms with Gasteiger partial charge in [-0.15, -0.1) is 0 Å². The van der Waals surface area contributed by atoms with Crippen molar-refractivity contribution < 1.29 is 34.1 Å². The Labute approximate surface area is 211 Å². The van der Waals surface area contributed by atoms with Crippen LogP contribution < -0.4 is 10.1 Å². The van der Waals surface area contributed by atoms with Gasteiger partial charge in [0.1, 0.15) is 5.75 Å². The molecule has 2 amide bonds. The molecule has 2 rings (SSSR count). The van der Waals surface area contributed by atoms with Crippen LogP contribution in [0.25, 0.3) is 0 Å². The molecule has 0 aliphatic rings. The van der Waals surface area contributed by atoms with Gasteiger partial charge in [-0.2, -0.15) is 11.8 Å². The summed E-state index contributed by atoms with van der Waals surface area (Å²) in [5.74, 6) is -1.60. The third-order valence-electron chi connectivity index (χ3n) is 4.42. The molecule has 9 heteroatoms. The van der Waals surface area contributed by atoms with Crippen LogP contribution in [0.2, 0.25) is 0 Å². The van der Waals surface area contributed by atoms with E-state index in [1.165, 1.54) is 22.9 Å². The molecule has 0 heterocycles. The number of hydrogen-bond acceptors (Lipinski definition) is 6. The quantitative estimate of drug-likeness (QED) is 0.367. The van der Waals surface area contributed by atoms with Gasteiger partial charge in [0.2, 0.25) is 12.3 Å². The number of nitrogens with one attached hydrogen (secondary N) is 1. The van der Waals surface area contributed by atoms with Gasteiger partial charge < -0.3 is 14.9 Å². The van der Waals surface area contributed by atoms with E-state index >= 15 is 0 Å². The van der Waals surface area contributed by atoms with Crippen LogP contribution in [0.1, 0.15) is 43.4 Å². The largest absolute Gasteiger partial charge is 0.493 e. The summed E-state index contributed by atoms with van der Waals surface area (Å²) in [5, 5.41) is 17.7. The first kappa shape index (κ1) is 31.7. The summed E-state index contributed by atoms with van der Waals surface area (Å²) in [4.78, 5) is 41.4. The highest BCUT2D eigenvalue weighted by atomic mass is 32.2. The number of rotatable bonds is 12. The van der Waals surface area contributed by atoms with Crippen LogP contribution in [0.5, 0.6) is 5.75 Å². The Balaban J connectivity index is 0.000000982. The van der Waals surface area contributed by atoms with E-state index in [0.29, 0.717) is 19.4 Å². The lowest BCUT2D eigenvalue weighted by atomic mass is 10.1. The van der Waals surface area contributed by atoms with Gasteiger partial charge in [-0.3, -0.25) is 24.5 Å². The molecule has 0 aliphatic heterocycles. The number of carboxylic acids is 2. The lowest BCUT2D eigenvalue weighted by Gasteiger charge is -2.13. The van der Waals surface area contributed by atoms with Crippen molar-refractivity contribution in [2.45, 2.75) is 51.7 Å². The van der Waals surface area contributed by atoms with Gasteiger partial charge in [-0.25, -0.2) is 0 Å². The minimum absolute atomic E-state index is 0.263. The maximum atomic E-state index is 11.8. The van der Waals surface area contributed by atoms with Crippen LogP contribution in [0.3, 0.4) is 0 Å². The number of ether oxygens (including phenoxy) is 1. The average molecular weight is 506 g/mol. The Hall–Kier alpha value is -3.33. The molecule has 8 nitrogen and oxygen atoms in total. The second-order valence-electron chi connectivity index (χ2n) is 7.07. The molecule has 35 heavy (non-hydrogen) atoms. The molecule has 0 saturated carbocycles. The smallest absolute Gasteiger partial charge is 0.303 e. The zero-order valence-electron chi connectivity index (χ0n) is 20.7. The first-order valence-corrected chi connectivity index (χ1v) is 12.5. The fourth-order valence-corrected chi connectivity index (χ4v) is 3.38. The summed E-state index contributed by atoms with van der Waals surface area (Å²) in [6, 6.07) is 16.2. The van der Waals surface area contributed by atoms with Gasteiger partial charge in [0, 0.05) is 6.42 Å². The molecule has 0 aliphatic carbocycles. The van der Waals surface area contributed by atoms with E-state index < -0.39 is 11.9 Å². The van der Waals surface area contributed by atoms with Gasteiger partial charge >= 0.3 is 11.9 Å². The lowest BCUT2D eigenvalue weighted by Crippen LogP contribution is -2.32. The number of thioether (sulfide) groups is 1. The predicted molar refractivity (Wildman–Crippen MR) is 138 cm³/mol. The van der Waals surface area contributed by atoms with Crippen LogP contribution >= 0.6 is 11.8 Å². The first-order chi connectivity index (χ1) is 16.7. The zero-order valence-corrected chi connectivity index (χ0v) is 21.5. The van der Waals surface area contributed by atoms with Gasteiger partial charge in [0.25, 0.3) is 0 Å². The highest BCUT2D eigenvalue weighted by Gasteiger charge is 2.17. The Morgan fingerprint density at radius 3 is 2.09 bits per heavy atom. The van der Waals surface area contributed by atoms with Gasteiger partial charge in [0.05, 0.1) is 24.7 Å². The monoisotopic (exact) mass is 505 g/mol. The maximum Gasteiger partial charge on any atom is 0.303 e. The van der Waals surface area contributed by atoms with Crippen molar-refractivity contribution in [3.05, 3.63) is 65.2 Å². The summed E-state index contributed by atoms with van der Waals surface area (Å²) in [5.41, 5.74) is 3.55. The van der Waals surface area contributed by atoms with Crippen molar-refractivity contribution in [2.24, 2.45) is 0 Å². The third-order valence-corrected chi connectivity index (χ3v) is 5.37. The molecular formula is C26H35NO7S. The molecule has 0 saturated heterocycles. The van der Waals surface area contributed by atoms with Crippen molar-refractivity contribution in [1.82, 2.24) is 5.32 Å². The third kappa shape index (κ3) is 15.2. The number of benzene rings is 2. The van der Waals surface area contributed by atoms with E-state index in [2.05, 4.69) is 36.5 Å². The molecule has 192 valence electrons. The number of hydrogen-bond donors (Lipinski definition) is 3. The lowest BCUT2D eigenvalue weighted by molar-refractivity contribution is -0.143. The molecule has 0 radical (unpaired) electrons. The fraction of sp³-hybridized carbons (Fsp3) is 0.385. The highest BCUT2D eigenvalue weighted by molar-refractivity contribution is 7.99. The number of carbonyl (C=O) groups excluding carboxylic acids is 2. The summed E-state index contributed by atoms with van der Waals surface area (Å²) < 4.78 is 5.79. The van der Waals surface area contributed by atoms with Crippen molar-refractivity contribution >= 4 is 36.0 Å². The van der Waals surface area contributed by atoms with Gasteiger partial charge in [-0.1, -0.05) is 55.8 Å². The topological polar surface area (TPSA) is 130 Å². The minimum Gasteiger partial charge on any atom is -0.493 e.